The number of anilines is 2. The monoisotopic (exact) mass is 274 g/mol. The summed E-state index contributed by atoms with van der Waals surface area (Å²) in [6, 6.07) is 11.0. The van der Waals surface area contributed by atoms with Crippen LogP contribution in [0.4, 0.5) is 15.8 Å². The predicted molar refractivity (Wildman–Crippen MR) is 76.1 cm³/mol. The highest BCUT2D eigenvalue weighted by Gasteiger charge is 2.08. The van der Waals surface area contributed by atoms with Crippen molar-refractivity contribution in [1.82, 2.24) is 0 Å². The zero-order chi connectivity index (χ0) is 14.5. The normalized spacial score (nSPS) is 10.1. The molecule has 4 nitrogen and oxygen atoms in total. The minimum Gasteiger partial charge on any atom is -0.497 e. The number of ether oxygens (including phenoxy) is 1. The highest BCUT2D eigenvalue weighted by molar-refractivity contribution is 5.95. The van der Waals surface area contributed by atoms with E-state index >= 15 is 0 Å². The maximum Gasteiger partial charge on any atom is 0.228 e. The summed E-state index contributed by atoms with van der Waals surface area (Å²) in [6.07, 6.45) is 0.160. The Balaban J connectivity index is 2.07. The first-order valence-electron chi connectivity index (χ1n) is 6.06. The number of rotatable bonds is 4. The molecule has 5 heteroatoms. The number of halogens is 1. The molecule has 0 heterocycles. The average Bonchev–Trinajstić information content (AvgIpc) is 2.43. The molecule has 0 saturated carbocycles. The van der Waals surface area contributed by atoms with Gasteiger partial charge in [-0.1, -0.05) is 12.1 Å². The van der Waals surface area contributed by atoms with Crippen LogP contribution >= 0.6 is 0 Å². The van der Waals surface area contributed by atoms with E-state index in [1.165, 1.54) is 18.2 Å². The predicted octanol–water partition coefficient (Wildman–Crippen LogP) is 2.60. The second kappa shape index (κ2) is 6.06. The fourth-order valence-corrected chi connectivity index (χ4v) is 1.80. The minimum absolute atomic E-state index is 0.160. The zero-order valence-corrected chi connectivity index (χ0v) is 11.0. The number of nitrogen functional groups attached to an aromatic ring is 1. The molecule has 0 aliphatic carbocycles. The highest BCUT2D eigenvalue weighted by Crippen LogP contribution is 2.20. The van der Waals surface area contributed by atoms with Crippen molar-refractivity contribution < 1.29 is 13.9 Å². The Hall–Kier alpha value is -2.56. The first-order chi connectivity index (χ1) is 9.58. The fraction of sp³-hybridized carbons (Fsp3) is 0.133. The van der Waals surface area contributed by atoms with Crippen LogP contribution < -0.4 is 15.8 Å². The lowest BCUT2D eigenvalue weighted by Crippen LogP contribution is -2.15. The van der Waals surface area contributed by atoms with Gasteiger partial charge >= 0.3 is 0 Å². The number of nitrogens with one attached hydrogen (secondary N) is 1. The van der Waals surface area contributed by atoms with Gasteiger partial charge in [0.15, 0.2) is 0 Å². The van der Waals surface area contributed by atoms with Crippen molar-refractivity contribution in [3.05, 3.63) is 53.8 Å². The van der Waals surface area contributed by atoms with E-state index in [0.717, 1.165) is 5.56 Å². The second-order valence-corrected chi connectivity index (χ2v) is 4.31. The summed E-state index contributed by atoms with van der Waals surface area (Å²) < 4.78 is 18.2. The van der Waals surface area contributed by atoms with Crippen molar-refractivity contribution >= 4 is 17.3 Å². The molecular formula is C15H15FN2O2. The van der Waals surface area contributed by atoms with Crippen LogP contribution in [0.2, 0.25) is 0 Å². The Morgan fingerprint density at radius 2 is 2.10 bits per heavy atom. The molecule has 20 heavy (non-hydrogen) atoms. The van der Waals surface area contributed by atoms with Gasteiger partial charge in [-0.05, 0) is 35.9 Å². The molecule has 2 aromatic rings. The summed E-state index contributed by atoms with van der Waals surface area (Å²) in [7, 11) is 1.56. The standard InChI is InChI=1S/C15H15FN2O2/c1-20-12-4-2-3-10(7-12)8-15(19)18-14-9-11(16)5-6-13(14)17/h2-7,9H,8,17H2,1H3,(H,18,19). The molecule has 0 spiro atoms. The van der Waals surface area contributed by atoms with Crippen LogP contribution in [0.15, 0.2) is 42.5 Å². The number of methoxy groups -OCH3 is 1. The van der Waals surface area contributed by atoms with Gasteiger partial charge in [0.2, 0.25) is 5.91 Å². The van der Waals surface area contributed by atoms with E-state index in [9.17, 15) is 9.18 Å². The molecule has 0 unspecified atom stereocenters. The Bertz CT molecular complexity index is 629. The van der Waals surface area contributed by atoms with Gasteiger partial charge in [-0.2, -0.15) is 0 Å². The lowest BCUT2D eigenvalue weighted by atomic mass is 10.1. The quantitative estimate of drug-likeness (QED) is 0.842. The van der Waals surface area contributed by atoms with E-state index < -0.39 is 5.82 Å². The van der Waals surface area contributed by atoms with Crippen molar-refractivity contribution in [2.24, 2.45) is 0 Å². The Morgan fingerprint density at radius 3 is 2.85 bits per heavy atom. The Labute approximate surface area is 116 Å². The maximum absolute atomic E-state index is 13.1. The molecular weight excluding hydrogens is 259 g/mol. The van der Waals surface area contributed by atoms with Crippen LogP contribution in [0.5, 0.6) is 5.75 Å². The zero-order valence-electron chi connectivity index (χ0n) is 11.0. The minimum atomic E-state index is -0.448. The molecule has 0 aliphatic rings. The summed E-state index contributed by atoms with van der Waals surface area (Å²) in [5.74, 6) is -0.0352. The van der Waals surface area contributed by atoms with Crippen LogP contribution in [0.25, 0.3) is 0 Å². The number of benzene rings is 2. The third-order valence-electron chi connectivity index (χ3n) is 2.79. The van der Waals surface area contributed by atoms with E-state index in [2.05, 4.69) is 5.32 Å². The van der Waals surface area contributed by atoms with Gasteiger partial charge in [0, 0.05) is 0 Å². The molecule has 1 amide bonds. The van der Waals surface area contributed by atoms with Gasteiger partial charge < -0.3 is 15.8 Å². The maximum atomic E-state index is 13.1. The van der Waals surface area contributed by atoms with Gasteiger partial charge in [-0.3, -0.25) is 4.79 Å². The van der Waals surface area contributed by atoms with Gasteiger partial charge in [0.05, 0.1) is 24.9 Å². The fourth-order valence-electron chi connectivity index (χ4n) is 1.80. The number of hydrogen-bond donors (Lipinski definition) is 2. The smallest absolute Gasteiger partial charge is 0.228 e. The van der Waals surface area contributed by atoms with E-state index in [1.54, 1.807) is 25.3 Å². The number of carbonyl (C=O) groups is 1. The van der Waals surface area contributed by atoms with Crippen LogP contribution in [-0.2, 0) is 11.2 Å². The first kappa shape index (κ1) is 13.9. The Kier molecular flexibility index (Phi) is 4.20. The lowest BCUT2D eigenvalue weighted by Gasteiger charge is -2.09. The van der Waals surface area contributed by atoms with Gasteiger partial charge in [-0.25, -0.2) is 4.39 Å². The molecule has 3 N–H and O–H groups in total. The van der Waals surface area contributed by atoms with E-state index in [-0.39, 0.29) is 18.0 Å². The van der Waals surface area contributed by atoms with Crippen LogP contribution in [0, 0.1) is 5.82 Å². The number of amides is 1. The van der Waals surface area contributed by atoms with E-state index in [0.29, 0.717) is 11.4 Å². The largest absolute Gasteiger partial charge is 0.497 e. The summed E-state index contributed by atoms with van der Waals surface area (Å²) >= 11 is 0. The molecule has 0 aliphatic heterocycles. The molecule has 2 rings (SSSR count). The first-order valence-corrected chi connectivity index (χ1v) is 6.06. The van der Waals surface area contributed by atoms with Gasteiger partial charge in [0.1, 0.15) is 11.6 Å². The molecule has 0 radical (unpaired) electrons. The molecule has 0 aromatic heterocycles. The van der Waals surface area contributed by atoms with Crippen molar-refractivity contribution in [2.45, 2.75) is 6.42 Å². The summed E-state index contributed by atoms with van der Waals surface area (Å²) in [6.45, 7) is 0. The number of carbonyl (C=O) groups excluding carboxylic acids is 1. The van der Waals surface area contributed by atoms with Crippen molar-refractivity contribution in [1.29, 1.82) is 0 Å². The number of nitrogens with two attached hydrogens (primary N) is 1. The van der Waals surface area contributed by atoms with Crippen LogP contribution in [0.3, 0.4) is 0 Å². The molecule has 0 atom stereocenters. The topological polar surface area (TPSA) is 64.3 Å². The molecule has 2 aromatic carbocycles. The van der Waals surface area contributed by atoms with E-state index in [4.69, 9.17) is 10.5 Å². The van der Waals surface area contributed by atoms with Gasteiger partial charge in [-0.15, -0.1) is 0 Å². The highest BCUT2D eigenvalue weighted by atomic mass is 19.1. The van der Waals surface area contributed by atoms with Crippen LogP contribution in [-0.4, -0.2) is 13.0 Å². The van der Waals surface area contributed by atoms with Crippen molar-refractivity contribution in [2.75, 3.05) is 18.2 Å². The third kappa shape index (κ3) is 3.47. The summed E-state index contributed by atoms with van der Waals surface area (Å²) in [5, 5.41) is 2.59. The molecule has 104 valence electrons. The third-order valence-corrected chi connectivity index (χ3v) is 2.79. The molecule has 0 bridgehead atoms. The molecule has 0 fully saturated rings. The Morgan fingerprint density at radius 1 is 1.30 bits per heavy atom. The van der Waals surface area contributed by atoms with Gasteiger partial charge in [0.25, 0.3) is 0 Å². The summed E-state index contributed by atoms with van der Waals surface area (Å²) in [5.41, 5.74) is 7.08. The number of hydrogen-bond acceptors (Lipinski definition) is 3. The second-order valence-electron chi connectivity index (χ2n) is 4.31. The van der Waals surface area contributed by atoms with Crippen molar-refractivity contribution in [3.63, 3.8) is 0 Å². The lowest BCUT2D eigenvalue weighted by molar-refractivity contribution is -0.115. The average molecular weight is 274 g/mol. The summed E-state index contributed by atoms with van der Waals surface area (Å²) in [4.78, 5) is 11.9. The van der Waals surface area contributed by atoms with E-state index in [1.807, 2.05) is 6.07 Å². The van der Waals surface area contributed by atoms with Crippen LogP contribution in [0.1, 0.15) is 5.56 Å². The van der Waals surface area contributed by atoms with Crippen molar-refractivity contribution in [3.8, 4) is 5.75 Å². The SMILES string of the molecule is COc1cccc(CC(=O)Nc2cc(F)ccc2N)c1. The molecule has 0 saturated heterocycles.